The van der Waals surface area contributed by atoms with Crippen LogP contribution in [0.1, 0.15) is 15.9 Å². The fourth-order valence-corrected chi connectivity index (χ4v) is 2.53. The van der Waals surface area contributed by atoms with Crippen LogP contribution in [-0.2, 0) is 0 Å². The zero-order valence-electron chi connectivity index (χ0n) is 8.58. The maximum atomic E-state index is 13.5. The predicted molar refractivity (Wildman–Crippen MR) is 81.7 cm³/mol. The first kappa shape index (κ1) is 12.9. The molecule has 2 rings (SSSR count). The van der Waals surface area contributed by atoms with Crippen LogP contribution in [-0.4, -0.2) is 5.78 Å². The van der Waals surface area contributed by atoms with Gasteiger partial charge in [-0.2, -0.15) is 0 Å². The van der Waals surface area contributed by atoms with Crippen molar-refractivity contribution in [3.8, 4) is 0 Å². The number of rotatable bonds is 2. The molecule has 0 aromatic heterocycles. The number of carbonyl (C=O) groups is 1. The van der Waals surface area contributed by atoms with Crippen LogP contribution in [0.25, 0.3) is 0 Å². The van der Waals surface area contributed by atoms with Crippen LogP contribution in [0.5, 0.6) is 0 Å². The molecule has 0 fully saturated rings. The minimum absolute atomic E-state index is 0.118. The number of halogens is 3. The smallest absolute Gasteiger partial charge is 0.197 e. The van der Waals surface area contributed by atoms with E-state index in [1.54, 1.807) is 18.2 Å². The monoisotopic (exact) mass is 452 g/mol. The third kappa shape index (κ3) is 2.85. The zero-order chi connectivity index (χ0) is 12.4. The molecule has 0 heterocycles. The maximum Gasteiger partial charge on any atom is 0.197 e. The Bertz CT molecular complexity index is 581. The third-order valence-electron chi connectivity index (χ3n) is 2.29. The highest BCUT2D eigenvalue weighted by molar-refractivity contribution is 14.1. The molecule has 0 aliphatic carbocycles. The van der Waals surface area contributed by atoms with Gasteiger partial charge in [-0.3, -0.25) is 4.79 Å². The number of carbonyl (C=O) groups excluding carboxylic acids is 1. The summed E-state index contributed by atoms with van der Waals surface area (Å²) in [4.78, 5) is 12.2. The van der Waals surface area contributed by atoms with E-state index in [-0.39, 0.29) is 11.3 Å². The molecule has 0 atom stereocenters. The van der Waals surface area contributed by atoms with Crippen LogP contribution in [0.2, 0.25) is 0 Å². The molecular weight excluding hydrogens is 445 g/mol. The number of hydrogen-bond donors (Lipinski definition) is 0. The molecule has 0 spiro atoms. The van der Waals surface area contributed by atoms with Crippen molar-refractivity contribution in [2.45, 2.75) is 0 Å². The van der Waals surface area contributed by atoms with Crippen molar-refractivity contribution in [1.29, 1.82) is 0 Å². The Labute approximate surface area is 126 Å². The molecule has 1 nitrogen and oxygen atoms in total. The molecule has 0 N–H and O–H groups in total. The van der Waals surface area contributed by atoms with Crippen LogP contribution in [0.15, 0.2) is 42.5 Å². The van der Waals surface area contributed by atoms with Crippen molar-refractivity contribution >= 4 is 51.0 Å². The lowest BCUT2D eigenvalue weighted by Gasteiger charge is -2.05. The summed E-state index contributed by atoms with van der Waals surface area (Å²) >= 11 is 4.22. The quantitative estimate of drug-likeness (QED) is 0.492. The Hall–Kier alpha value is -0.500. The van der Waals surface area contributed by atoms with Crippen LogP contribution in [0.3, 0.4) is 0 Å². The van der Waals surface area contributed by atoms with Crippen LogP contribution in [0, 0.1) is 13.0 Å². The van der Waals surface area contributed by atoms with Gasteiger partial charge in [0.05, 0.1) is 5.56 Å². The first-order chi connectivity index (χ1) is 8.09. The molecule has 0 aliphatic heterocycles. The highest BCUT2D eigenvalue weighted by Gasteiger charge is 2.16. The lowest BCUT2D eigenvalue weighted by Crippen LogP contribution is -2.06. The van der Waals surface area contributed by atoms with Gasteiger partial charge in [0.2, 0.25) is 0 Å². The van der Waals surface area contributed by atoms with E-state index in [9.17, 15) is 9.18 Å². The molecule has 0 saturated carbocycles. The Morgan fingerprint density at radius 3 is 2.41 bits per heavy atom. The lowest BCUT2D eigenvalue weighted by atomic mass is 10.0. The average Bonchev–Trinajstić information content (AvgIpc) is 2.32. The van der Waals surface area contributed by atoms with Gasteiger partial charge in [-0.1, -0.05) is 12.1 Å². The number of hydrogen-bond acceptors (Lipinski definition) is 1. The predicted octanol–water partition coefficient (Wildman–Crippen LogP) is 4.27. The van der Waals surface area contributed by atoms with Crippen molar-refractivity contribution in [1.82, 2.24) is 0 Å². The molecule has 0 aliphatic rings. The molecule has 0 saturated heterocycles. The van der Waals surface area contributed by atoms with Gasteiger partial charge < -0.3 is 0 Å². The molecule has 17 heavy (non-hydrogen) atoms. The van der Waals surface area contributed by atoms with Crippen molar-refractivity contribution in [3.63, 3.8) is 0 Å². The largest absolute Gasteiger partial charge is 0.288 e. The summed E-state index contributed by atoms with van der Waals surface area (Å²) in [6.07, 6.45) is 0. The molecule has 86 valence electrons. The SMILES string of the molecule is O=C(c1ccccc1F)c1cc(I)ccc1I. The van der Waals surface area contributed by atoms with Crippen LogP contribution >= 0.6 is 45.2 Å². The molecular formula is C13H7FI2O. The second-order valence-corrected chi connectivity index (χ2v) is 5.84. The summed E-state index contributed by atoms with van der Waals surface area (Å²) in [6, 6.07) is 11.6. The molecule has 4 heteroatoms. The highest BCUT2D eigenvalue weighted by Crippen LogP contribution is 2.20. The van der Waals surface area contributed by atoms with Crippen molar-refractivity contribution in [2.75, 3.05) is 0 Å². The van der Waals surface area contributed by atoms with Gasteiger partial charge in [0.25, 0.3) is 0 Å². The Morgan fingerprint density at radius 2 is 1.71 bits per heavy atom. The molecule has 2 aromatic carbocycles. The van der Waals surface area contributed by atoms with E-state index in [2.05, 4.69) is 45.2 Å². The topological polar surface area (TPSA) is 17.1 Å². The number of benzene rings is 2. The summed E-state index contributed by atoms with van der Waals surface area (Å²) in [5.74, 6) is -0.752. The third-order valence-corrected chi connectivity index (χ3v) is 3.90. The standard InChI is InChI=1S/C13H7FI2O/c14-11-4-2-1-3-9(11)13(17)10-7-8(15)5-6-12(10)16/h1-7H. The van der Waals surface area contributed by atoms with E-state index >= 15 is 0 Å². The summed E-state index contributed by atoms with van der Waals surface area (Å²) in [7, 11) is 0. The van der Waals surface area contributed by atoms with Gasteiger partial charge in [-0.15, -0.1) is 0 Å². The highest BCUT2D eigenvalue weighted by atomic mass is 127. The van der Waals surface area contributed by atoms with E-state index in [1.807, 2.05) is 12.1 Å². The fraction of sp³-hybridized carbons (Fsp3) is 0. The van der Waals surface area contributed by atoms with Gasteiger partial charge in [0, 0.05) is 12.7 Å². The van der Waals surface area contributed by atoms with E-state index in [4.69, 9.17) is 0 Å². The maximum absolute atomic E-state index is 13.5. The second kappa shape index (κ2) is 5.43. The molecule has 0 bridgehead atoms. The Balaban J connectivity index is 2.51. The van der Waals surface area contributed by atoms with Crippen molar-refractivity contribution in [3.05, 3.63) is 66.5 Å². The molecule has 2 aromatic rings. The minimum Gasteiger partial charge on any atom is -0.288 e. The van der Waals surface area contributed by atoms with Gasteiger partial charge in [0.15, 0.2) is 5.78 Å². The fourth-order valence-electron chi connectivity index (χ4n) is 1.46. The summed E-state index contributed by atoms with van der Waals surface area (Å²) < 4.78 is 15.3. The lowest BCUT2D eigenvalue weighted by molar-refractivity contribution is 0.103. The first-order valence-corrected chi connectivity index (χ1v) is 6.99. The van der Waals surface area contributed by atoms with E-state index in [1.165, 1.54) is 12.1 Å². The van der Waals surface area contributed by atoms with Crippen molar-refractivity contribution in [2.24, 2.45) is 0 Å². The van der Waals surface area contributed by atoms with Gasteiger partial charge in [0.1, 0.15) is 5.82 Å². The average molecular weight is 452 g/mol. The van der Waals surface area contributed by atoms with Gasteiger partial charge in [-0.25, -0.2) is 4.39 Å². The van der Waals surface area contributed by atoms with Gasteiger partial charge >= 0.3 is 0 Å². The minimum atomic E-state index is -0.479. The van der Waals surface area contributed by atoms with Crippen LogP contribution < -0.4 is 0 Å². The summed E-state index contributed by atoms with van der Waals surface area (Å²) in [5.41, 5.74) is 0.662. The van der Waals surface area contributed by atoms with E-state index in [0.717, 1.165) is 7.14 Å². The Morgan fingerprint density at radius 1 is 1.00 bits per heavy atom. The first-order valence-electron chi connectivity index (χ1n) is 4.84. The summed E-state index contributed by atoms with van der Waals surface area (Å²) in [6.45, 7) is 0. The molecule has 0 unspecified atom stereocenters. The molecule has 0 amide bonds. The normalized spacial score (nSPS) is 10.3. The number of ketones is 1. The van der Waals surface area contributed by atoms with Crippen LogP contribution in [0.4, 0.5) is 4.39 Å². The van der Waals surface area contributed by atoms with Crippen molar-refractivity contribution < 1.29 is 9.18 Å². The zero-order valence-corrected chi connectivity index (χ0v) is 12.9. The summed E-state index contributed by atoms with van der Waals surface area (Å²) in [5, 5.41) is 0. The second-order valence-electron chi connectivity index (χ2n) is 3.43. The van der Waals surface area contributed by atoms with E-state index in [0.29, 0.717) is 5.56 Å². The Kier molecular flexibility index (Phi) is 4.13. The molecule has 0 radical (unpaired) electrons. The van der Waals surface area contributed by atoms with Gasteiger partial charge in [-0.05, 0) is 75.5 Å². The van der Waals surface area contributed by atoms with E-state index < -0.39 is 5.82 Å².